The predicted octanol–water partition coefficient (Wildman–Crippen LogP) is 1.16. The van der Waals surface area contributed by atoms with Gasteiger partial charge in [-0.25, -0.2) is 0 Å². The molecule has 2 N–H and O–H groups in total. The van der Waals surface area contributed by atoms with Crippen LogP contribution < -0.4 is 10.6 Å². The molecule has 0 saturated carbocycles. The SMILES string of the molecule is Cn1cc(Cl)cc1C(=O)NC1CCCNC1. The Hall–Kier alpha value is -1.00. The summed E-state index contributed by atoms with van der Waals surface area (Å²) in [6.07, 6.45) is 3.88. The first-order valence-corrected chi connectivity index (χ1v) is 5.88. The van der Waals surface area contributed by atoms with Gasteiger partial charge in [0.2, 0.25) is 0 Å². The molecule has 0 aromatic carbocycles. The molecule has 2 rings (SSSR count). The van der Waals surface area contributed by atoms with Crippen molar-refractivity contribution in [3.05, 3.63) is 23.0 Å². The summed E-state index contributed by atoms with van der Waals surface area (Å²) in [6, 6.07) is 1.92. The monoisotopic (exact) mass is 241 g/mol. The molecule has 1 fully saturated rings. The molecule has 1 aliphatic heterocycles. The fourth-order valence-corrected chi connectivity index (χ4v) is 2.23. The third-order valence-electron chi connectivity index (χ3n) is 2.84. The van der Waals surface area contributed by atoms with Crippen LogP contribution >= 0.6 is 11.6 Å². The number of amides is 1. The molecule has 5 heteroatoms. The molecule has 0 spiro atoms. The van der Waals surface area contributed by atoms with Crippen LogP contribution in [0, 0.1) is 0 Å². The first-order valence-electron chi connectivity index (χ1n) is 5.50. The molecule has 1 aliphatic rings. The number of nitrogens with zero attached hydrogens (tertiary/aromatic N) is 1. The van der Waals surface area contributed by atoms with E-state index in [0.29, 0.717) is 10.7 Å². The molecule has 4 nitrogen and oxygen atoms in total. The number of aryl methyl sites for hydroxylation is 1. The van der Waals surface area contributed by atoms with Crippen LogP contribution in [-0.4, -0.2) is 29.6 Å². The first-order chi connectivity index (χ1) is 7.66. The number of carbonyl (C=O) groups is 1. The molecular formula is C11H16ClN3O. The van der Waals surface area contributed by atoms with Gasteiger partial charge < -0.3 is 15.2 Å². The van der Waals surface area contributed by atoms with E-state index in [0.717, 1.165) is 25.9 Å². The third kappa shape index (κ3) is 2.57. The second kappa shape index (κ2) is 4.89. The summed E-state index contributed by atoms with van der Waals surface area (Å²) in [5.41, 5.74) is 0.607. The molecule has 0 aliphatic carbocycles. The Kier molecular flexibility index (Phi) is 3.51. The van der Waals surface area contributed by atoms with Crippen LogP contribution in [0.1, 0.15) is 23.3 Å². The Morgan fingerprint density at radius 3 is 3.06 bits per heavy atom. The van der Waals surface area contributed by atoms with E-state index in [2.05, 4.69) is 10.6 Å². The molecule has 1 atom stereocenters. The Morgan fingerprint density at radius 2 is 2.50 bits per heavy atom. The van der Waals surface area contributed by atoms with E-state index in [1.807, 2.05) is 7.05 Å². The van der Waals surface area contributed by atoms with E-state index < -0.39 is 0 Å². The van der Waals surface area contributed by atoms with E-state index >= 15 is 0 Å². The van der Waals surface area contributed by atoms with Crippen LogP contribution in [0.15, 0.2) is 12.3 Å². The summed E-state index contributed by atoms with van der Waals surface area (Å²) >= 11 is 5.84. The fourth-order valence-electron chi connectivity index (χ4n) is 1.98. The molecule has 1 unspecified atom stereocenters. The minimum Gasteiger partial charge on any atom is -0.347 e. The number of aromatic nitrogens is 1. The smallest absolute Gasteiger partial charge is 0.268 e. The average Bonchev–Trinajstić information content (AvgIpc) is 2.59. The maximum absolute atomic E-state index is 11.9. The normalized spacial score (nSPS) is 20.8. The highest BCUT2D eigenvalue weighted by Crippen LogP contribution is 2.13. The molecule has 16 heavy (non-hydrogen) atoms. The maximum atomic E-state index is 11.9. The van der Waals surface area contributed by atoms with Crippen molar-refractivity contribution < 1.29 is 4.79 Å². The molecule has 2 heterocycles. The van der Waals surface area contributed by atoms with Crippen molar-refractivity contribution in [2.24, 2.45) is 7.05 Å². The van der Waals surface area contributed by atoms with Crippen LogP contribution in [0.25, 0.3) is 0 Å². The Balaban J connectivity index is 1.99. The molecule has 1 amide bonds. The van der Waals surface area contributed by atoms with Gasteiger partial charge in [0.05, 0.1) is 5.02 Å². The predicted molar refractivity (Wildman–Crippen MR) is 63.8 cm³/mol. The number of piperidine rings is 1. The average molecular weight is 242 g/mol. The van der Waals surface area contributed by atoms with Gasteiger partial charge in [-0.2, -0.15) is 0 Å². The lowest BCUT2D eigenvalue weighted by atomic mass is 10.1. The summed E-state index contributed by atoms with van der Waals surface area (Å²) in [5, 5.41) is 6.86. The number of carbonyl (C=O) groups excluding carboxylic acids is 1. The van der Waals surface area contributed by atoms with E-state index in [4.69, 9.17) is 11.6 Å². The van der Waals surface area contributed by atoms with Crippen LogP contribution in [0.2, 0.25) is 5.02 Å². The minimum atomic E-state index is -0.0527. The van der Waals surface area contributed by atoms with Gasteiger partial charge in [-0.05, 0) is 25.5 Å². The van der Waals surface area contributed by atoms with Gasteiger partial charge in [0.25, 0.3) is 5.91 Å². The Bertz CT molecular complexity index is 383. The second-order valence-electron chi connectivity index (χ2n) is 4.17. The summed E-state index contributed by atoms with van der Waals surface area (Å²) < 4.78 is 1.74. The molecule has 0 radical (unpaired) electrons. The Morgan fingerprint density at radius 1 is 1.69 bits per heavy atom. The lowest BCUT2D eigenvalue weighted by Gasteiger charge is -2.23. The van der Waals surface area contributed by atoms with Gasteiger partial charge in [0.15, 0.2) is 0 Å². The minimum absolute atomic E-state index is 0.0527. The fraction of sp³-hybridized carbons (Fsp3) is 0.545. The van der Waals surface area contributed by atoms with Gasteiger partial charge >= 0.3 is 0 Å². The van der Waals surface area contributed by atoms with E-state index in [9.17, 15) is 4.79 Å². The van der Waals surface area contributed by atoms with Crippen molar-refractivity contribution in [2.75, 3.05) is 13.1 Å². The topological polar surface area (TPSA) is 46.1 Å². The zero-order valence-corrected chi connectivity index (χ0v) is 10.0. The summed E-state index contributed by atoms with van der Waals surface area (Å²) in [5.74, 6) is -0.0527. The van der Waals surface area contributed by atoms with Crippen molar-refractivity contribution >= 4 is 17.5 Å². The zero-order valence-electron chi connectivity index (χ0n) is 9.29. The molecule has 1 aromatic heterocycles. The highest BCUT2D eigenvalue weighted by molar-refractivity contribution is 6.31. The highest BCUT2D eigenvalue weighted by atomic mass is 35.5. The van der Waals surface area contributed by atoms with Crippen molar-refractivity contribution in [3.8, 4) is 0 Å². The lowest BCUT2D eigenvalue weighted by Crippen LogP contribution is -2.45. The van der Waals surface area contributed by atoms with Crippen molar-refractivity contribution in [1.29, 1.82) is 0 Å². The second-order valence-corrected chi connectivity index (χ2v) is 4.61. The summed E-state index contributed by atoms with van der Waals surface area (Å²) in [7, 11) is 1.82. The van der Waals surface area contributed by atoms with E-state index in [1.165, 1.54) is 0 Å². The van der Waals surface area contributed by atoms with Gasteiger partial charge in [0, 0.05) is 25.8 Å². The number of nitrogens with one attached hydrogen (secondary N) is 2. The molecule has 1 aromatic rings. The van der Waals surface area contributed by atoms with Gasteiger partial charge in [-0.15, -0.1) is 0 Å². The number of halogens is 1. The third-order valence-corrected chi connectivity index (χ3v) is 3.04. The van der Waals surface area contributed by atoms with E-state index in [1.54, 1.807) is 16.8 Å². The maximum Gasteiger partial charge on any atom is 0.268 e. The van der Waals surface area contributed by atoms with Crippen LogP contribution in [-0.2, 0) is 7.05 Å². The first kappa shape index (κ1) is 11.5. The van der Waals surface area contributed by atoms with Gasteiger partial charge in [-0.3, -0.25) is 4.79 Å². The van der Waals surface area contributed by atoms with Crippen LogP contribution in [0.4, 0.5) is 0 Å². The van der Waals surface area contributed by atoms with Crippen molar-refractivity contribution in [1.82, 2.24) is 15.2 Å². The van der Waals surface area contributed by atoms with Gasteiger partial charge in [-0.1, -0.05) is 11.6 Å². The van der Waals surface area contributed by atoms with Gasteiger partial charge in [0.1, 0.15) is 5.69 Å². The molecular weight excluding hydrogens is 226 g/mol. The van der Waals surface area contributed by atoms with Crippen molar-refractivity contribution in [3.63, 3.8) is 0 Å². The van der Waals surface area contributed by atoms with E-state index in [-0.39, 0.29) is 11.9 Å². The number of hydrogen-bond donors (Lipinski definition) is 2. The summed E-state index contributed by atoms with van der Waals surface area (Å²) in [6.45, 7) is 1.90. The summed E-state index contributed by atoms with van der Waals surface area (Å²) in [4.78, 5) is 11.9. The van der Waals surface area contributed by atoms with Crippen molar-refractivity contribution in [2.45, 2.75) is 18.9 Å². The quantitative estimate of drug-likeness (QED) is 0.816. The lowest BCUT2D eigenvalue weighted by molar-refractivity contribution is 0.0922. The zero-order chi connectivity index (χ0) is 11.5. The standard InChI is InChI=1S/C11H16ClN3O/c1-15-7-8(12)5-10(15)11(16)14-9-3-2-4-13-6-9/h5,7,9,13H,2-4,6H2,1H3,(H,14,16). The highest BCUT2D eigenvalue weighted by Gasteiger charge is 2.18. The molecule has 88 valence electrons. The largest absolute Gasteiger partial charge is 0.347 e. The van der Waals surface area contributed by atoms with Crippen LogP contribution in [0.3, 0.4) is 0 Å². The van der Waals surface area contributed by atoms with Crippen LogP contribution in [0.5, 0.6) is 0 Å². The molecule has 1 saturated heterocycles. The Labute approximate surface area is 100.0 Å². The molecule has 0 bridgehead atoms. The number of rotatable bonds is 2. The number of hydrogen-bond acceptors (Lipinski definition) is 2.